The lowest BCUT2D eigenvalue weighted by molar-refractivity contribution is -0.136. The van der Waals surface area contributed by atoms with E-state index in [4.69, 9.17) is 0 Å². The lowest BCUT2D eigenvalue weighted by atomic mass is 10.4. The normalized spacial score (nSPS) is 14.6. The molecule has 2 N–H and O–H groups in total. The molecule has 0 saturated heterocycles. The standard InChI is InChI=1S/C10H13N3O2S/c1-5-6(2)16-10(11-5)13-9(15)8(14)12-7-3-4-7/h7H,3-4H2,1-2H3,(H,12,14)(H,11,13,15). The molecule has 1 heterocycles. The second-order valence-electron chi connectivity index (χ2n) is 3.86. The Balaban J connectivity index is 1.92. The van der Waals surface area contributed by atoms with Crippen LogP contribution in [-0.2, 0) is 9.59 Å². The molecular weight excluding hydrogens is 226 g/mol. The molecule has 0 radical (unpaired) electrons. The van der Waals surface area contributed by atoms with E-state index in [1.165, 1.54) is 11.3 Å². The Morgan fingerprint density at radius 1 is 1.31 bits per heavy atom. The van der Waals surface area contributed by atoms with Crippen molar-refractivity contribution in [2.75, 3.05) is 5.32 Å². The van der Waals surface area contributed by atoms with E-state index in [1.54, 1.807) is 0 Å². The van der Waals surface area contributed by atoms with Gasteiger partial charge in [0.2, 0.25) is 0 Å². The highest BCUT2D eigenvalue weighted by molar-refractivity contribution is 7.15. The average Bonchev–Trinajstić information content (AvgIpc) is 2.95. The second kappa shape index (κ2) is 4.21. The first-order valence-corrected chi connectivity index (χ1v) is 5.94. The van der Waals surface area contributed by atoms with Gasteiger partial charge in [-0.1, -0.05) is 0 Å². The molecule has 16 heavy (non-hydrogen) atoms. The maximum atomic E-state index is 11.4. The van der Waals surface area contributed by atoms with Gasteiger partial charge in [0.25, 0.3) is 0 Å². The molecule has 2 amide bonds. The summed E-state index contributed by atoms with van der Waals surface area (Å²) in [6.07, 6.45) is 1.93. The van der Waals surface area contributed by atoms with Crippen LogP contribution in [0.1, 0.15) is 23.4 Å². The van der Waals surface area contributed by atoms with Gasteiger partial charge in [-0.3, -0.25) is 14.9 Å². The minimum Gasteiger partial charge on any atom is -0.345 e. The van der Waals surface area contributed by atoms with Crippen LogP contribution in [0.3, 0.4) is 0 Å². The predicted octanol–water partition coefficient (Wildman–Crippen LogP) is 0.977. The zero-order valence-corrected chi connectivity index (χ0v) is 9.98. The number of amides is 2. The molecule has 0 spiro atoms. The van der Waals surface area contributed by atoms with E-state index in [2.05, 4.69) is 15.6 Å². The fraction of sp³-hybridized carbons (Fsp3) is 0.500. The van der Waals surface area contributed by atoms with Gasteiger partial charge in [0.05, 0.1) is 5.69 Å². The molecule has 6 heteroatoms. The van der Waals surface area contributed by atoms with Crippen LogP contribution in [0, 0.1) is 13.8 Å². The number of aryl methyl sites for hydroxylation is 2. The predicted molar refractivity (Wildman–Crippen MR) is 61.4 cm³/mol. The van der Waals surface area contributed by atoms with Gasteiger partial charge in [0, 0.05) is 10.9 Å². The molecule has 5 nitrogen and oxygen atoms in total. The summed E-state index contributed by atoms with van der Waals surface area (Å²) in [6, 6.07) is 0.193. The first kappa shape index (κ1) is 11.1. The SMILES string of the molecule is Cc1nc(NC(=O)C(=O)NC2CC2)sc1C. The minimum absolute atomic E-state index is 0.193. The zero-order chi connectivity index (χ0) is 11.7. The monoisotopic (exact) mass is 239 g/mol. The number of nitrogens with one attached hydrogen (secondary N) is 2. The summed E-state index contributed by atoms with van der Waals surface area (Å²) in [7, 11) is 0. The summed E-state index contributed by atoms with van der Waals surface area (Å²) in [5.74, 6) is -1.21. The summed E-state index contributed by atoms with van der Waals surface area (Å²) in [5, 5.41) is 5.59. The number of thiazole rings is 1. The number of nitrogens with zero attached hydrogens (tertiary/aromatic N) is 1. The van der Waals surface area contributed by atoms with Gasteiger partial charge >= 0.3 is 11.8 Å². The minimum atomic E-state index is -0.638. The number of rotatable bonds is 2. The van der Waals surface area contributed by atoms with Gasteiger partial charge in [-0.25, -0.2) is 4.98 Å². The third-order valence-corrected chi connectivity index (χ3v) is 3.36. The van der Waals surface area contributed by atoms with Gasteiger partial charge in [-0.2, -0.15) is 0 Å². The summed E-state index contributed by atoms with van der Waals surface area (Å²) < 4.78 is 0. The van der Waals surface area contributed by atoms with Crippen molar-refractivity contribution in [3.05, 3.63) is 10.6 Å². The quantitative estimate of drug-likeness (QED) is 0.756. The Morgan fingerprint density at radius 3 is 2.50 bits per heavy atom. The lowest BCUT2D eigenvalue weighted by Crippen LogP contribution is -2.36. The summed E-state index contributed by atoms with van der Waals surface area (Å²) in [5.41, 5.74) is 0.878. The summed E-state index contributed by atoms with van der Waals surface area (Å²) in [4.78, 5) is 28.0. The van der Waals surface area contributed by atoms with Crippen LogP contribution in [0.4, 0.5) is 5.13 Å². The van der Waals surface area contributed by atoms with Crippen molar-refractivity contribution in [2.24, 2.45) is 0 Å². The lowest BCUT2D eigenvalue weighted by Gasteiger charge is -2.01. The van der Waals surface area contributed by atoms with Crippen LogP contribution < -0.4 is 10.6 Å². The molecule has 0 aliphatic heterocycles. The molecule has 0 bridgehead atoms. The van der Waals surface area contributed by atoms with Crippen molar-refractivity contribution >= 4 is 28.3 Å². The Hall–Kier alpha value is -1.43. The van der Waals surface area contributed by atoms with Crippen molar-refractivity contribution in [1.29, 1.82) is 0 Å². The van der Waals surface area contributed by atoms with Crippen molar-refractivity contribution in [3.8, 4) is 0 Å². The smallest absolute Gasteiger partial charge is 0.315 e. The zero-order valence-electron chi connectivity index (χ0n) is 9.16. The molecule has 1 aliphatic carbocycles. The van der Waals surface area contributed by atoms with E-state index in [0.717, 1.165) is 23.4 Å². The maximum absolute atomic E-state index is 11.4. The van der Waals surface area contributed by atoms with Crippen LogP contribution >= 0.6 is 11.3 Å². The van der Waals surface area contributed by atoms with Crippen LogP contribution in [0.15, 0.2) is 0 Å². The number of carbonyl (C=O) groups is 2. The van der Waals surface area contributed by atoms with E-state index in [0.29, 0.717) is 5.13 Å². The second-order valence-corrected chi connectivity index (χ2v) is 5.07. The first-order chi connectivity index (χ1) is 7.56. The highest BCUT2D eigenvalue weighted by Gasteiger charge is 2.26. The van der Waals surface area contributed by atoms with Crippen LogP contribution in [0.25, 0.3) is 0 Å². The first-order valence-electron chi connectivity index (χ1n) is 5.12. The van der Waals surface area contributed by atoms with E-state index in [-0.39, 0.29) is 6.04 Å². The maximum Gasteiger partial charge on any atom is 0.315 e. The Labute approximate surface area is 97.3 Å². The topological polar surface area (TPSA) is 71.1 Å². The third-order valence-electron chi connectivity index (χ3n) is 2.37. The molecule has 2 rings (SSSR count). The molecule has 0 atom stereocenters. The third kappa shape index (κ3) is 2.57. The molecule has 0 aromatic carbocycles. The Bertz CT molecular complexity index is 418. The highest BCUT2D eigenvalue weighted by atomic mass is 32.1. The van der Waals surface area contributed by atoms with Crippen LogP contribution in [0.2, 0.25) is 0 Å². The summed E-state index contributed by atoms with van der Waals surface area (Å²) in [6.45, 7) is 3.79. The van der Waals surface area contributed by atoms with Crippen molar-refractivity contribution in [3.63, 3.8) is 0 Å². The number of hydrogen-bond donors (Lipinski definition) is 2. The van der Waals surface area contributed by atoms with Crippen molar-refractivity contribution < 1.29 is 9.59 Å². The van der Waals surface area contributed by atoms with Gasteiger partial charge in [-0.05, 0) is 26.7 Å². The number of carbonyl (C=O) groups excluding carboxylic acids is 2. The average molecular weight is 239 g/mol. The van der Waals surface area contributed by atoms with E-state index >= 15 is 0 Å². The van der Waals surface area contributed by atoms with E-state index in [1.807, 2.05) is 13.8 Å². The van der Waals surface area contributed by atoms with Gasteiger partial charge < -0.3 is 5.32 Å². The fourth-order valence-corrected chi connectivity index (χ4v) is 1.97. The fourth-order valence-electron chi connectivity index (χ4n) is 1.16. The molecule has 1 saturated carbocycles. The molecule has 1 aromatic rings. The van der Waals surface area contributed by atoms with Crippen molar-refractivity contribution in [2.45, 2.75) is 32.7 Å². The van der Waals surface area contributed by atoms with E-state index < -0.39 is 11.8 Å². The van der Waals surface area contributed by atoms with E-state index in [9.17, 15) is 9.59 Å². The van der Waals surface area contributed by atoms with Gasteiger partial charge in [-0.15, -0.1) is 11.3 Å². The van der Waals surface area contributed by atoms with Gasteiger partial charge in [0.1, 0.15) is 0 Å². The molecule has 1 aromatic heterocycles. The number of anilines is 1. The summed E-state index contributed by atoms with van der Waals surface area (Å²) >= 11 is 1.37. The van der Waals surface area contributed by atoms with Crippen LogP contribution in [-0.4, -0.2) is 22.8 Å². The largest absolute Gasteiger partial charge is 0.345 e. The molecule has 1 aliphatic rings. The van der Waals surface area contributed by atoms with Gasteiger partial charge in [0.15, 0.2) is 5.13 Å². The van der Waals surface area contributed by atoms with Crippen LogP contribution in [0.5, 0.6) is 0 Å². The molecular formula is C10H13N3O2S. The Morgan fingerprint density at radius 2 is 2.00 bits per heavy atom. The Kier molecular flexibility index (Phi) is 2.91. The highest BCUT2D eigenvalue weighted by Crippen LogP contribution is 2.21. The molecule has 0 unspecified atom stereocenters. The number of hydrogen-bond acceptors (Lipinski definition) is 4. The number of aromatic nitrogens is 1. The molecule has 1 fully saturated rings. The van der Waals surface area contributed by atoms with Crippen molar-refractivity contribution in [1.82, 2.24) is 10.3 Å². The molecule has 86 valence electrons.